The Balaban J connectivity index is 1.93. The van der Waals surface area contributed by atoms with E-state index in [1.165, 1.54) is 25.5 Å². The fraction of sp³-hybridized carbons (Fsp3) is 0.647. The summed E-state index contributed by atoms with van der Waals surface area (Å²) in [5.41, 5.74) is 2.38. The van der Waals surface area contributed by atoms with Gasteiger partial charge in [0.15, 0.2) is 0 Å². The van der Waals surface area contributed by atoms with Crippen molar-refractivity contribution in [2.24, 2.45) is 0 Å². The van der Waals surface area contributed by atoms with Gasteiger partial charge in [-0.3, -0.25) is 4.90 Å². The van der Waals surface area contributed by atoms with E-state index in [2.05, 4.69) is 9.80 Å². The Bertz CT molecular complexity index is 518. The number of aryl methyl sites for hydroxylation is 1. The SMILES string of the molecule is Cc1cc(N2CCCN3CCCC3C2)c(C(C)O)cc1F. The Hall–Kier alpha value is -1.13. The van der Waals surface area contributed by atoms with Crippen molar-refractivity contribution < 1.29 is 9.50 Å². The van der Waals surface area contributed by atoms with E-state index in [-0.39, 0.29) is 5.82 Å². The molecule has 1 N–H and O–H groups in total. The lowest BCUT2D eigenvalue weighted by Gasteiger charge is -2.30. The second kappa shape index (κ2) is 5.93. The summed E-state index contributed by atoms with van der Waals surface area (Å²) in [4.78, 5) is 4.93. The van der Waals surface area contributed by atoms with Crippen molar-refractivity contribution in [1.82, 2.24) is 4.90 Å². The van der Waals surface area contributed by atoms with Crippen molar-refractivity contribution in [1.29, 1.82) is 0 Å². The van der Waals surface area contributed by atoms with Crippen LogP contribution < -0.4 is 4.90 Å². The fourth-order valence-corrected chi connectivity index (χ4v) is 3.72. The van der Waals surface area contributed by atoms with Crippen LogP contribution in [0.3, 0.4) is 0 Å². The van der Waals surface area contributed by atoms with Crippen molar-refractivity contribution in [3.8, 4) is 0 Å². The zero-order valence-corrected chi connectivity index (χ0v) is 13.0. The van der Waals surface area contributed by atoms with Crippen molar-refractivity contribution in [3.63, 3.8) is 0 Å². The second-order valence-corrected chi connectivity index (χ2v) is 6.47. The van der Waals surface area contributed by atoms with Gasteiger partial charge in [-0.1, -0.05) is 0 Å². The predicted octanol–water partition coefficient (Wildman–Crippen LogP) is 2.86. The number of hydrogen-bond acceptors (Lipinski definition) is 3. The Morgan fingerprint density at radius 1 is 1.24 bits per heavy atom. The molecule has 21 heavy (non-hydrogen) atoms. The molecule has 0 amide bonds. The van der Waals surface area contributed by atoms with Crippen LogP contribution in [0.4, 0.5) is 10.1 Å². The highest BCUT2D eigenvalue weighted by Gasteiger charge is 2.30. The first kappa shape index (κ1) is 14.8. The molecule has 0 radical (unpaired) electrons. The molecule has 0 aliphatic carbocycles. The van der Waals surface area contributed by atoms with Gasteiger partial charge in [0.05, 0.1) is 6.10 Å². The fourth-order valence-electron chi connectivity index (χ4n) is 3.72. The van der Waals surface area contributed by atoms with E-state index in [1.807, 2.05) is 6.07 Å². The minimum atomic E-state index is -0.641. The molecule has 2 atom stereocenters. The first-order chi connectivity index (χ1) is 10.1. The number of rotatable bonds is 2. The average molecular weight is 292 g/mol. The second-order valence-electron chi connectivity index (χ2n) is 6.47. The zero-order chi connectivity index (χ0) is 15.0. The van der Waals surface area contributed by atoms with E-state index < -0.39 is 6.10 Å². The molecule has 2 heterocycles. The number of anilines is 1. The molecule has 2 unspecified atom stereocenters. The zero-order valence-electron chi connectivity index (χ0n) is 13.0. The van der Waals surface area contributed by atoms with Gasteiger partial charge >= 0.3 is 0 Å². The van der Waals surface area contributed by atoms with Crippen LogP contribution in [0.25, 0.3) is 0 Å². The van der Waals surface area contributed by atoms with Gasteiger partial charge in [0.2, 0.25) is 0 Å². The Labute approximate surface area is 126 Å². The summed E-state index contributed by atoms with van der Waals surface area (Å²) in [5.74, 6) is -0.230. The molecule has 0 saturated carbocycles. The van der Waals surface area contributed by atoms with Gasteiger partial charge < -0.3 is 10.0 Å². The quantitative estimate of drug-likeness (QED) is 0.908. The topological polar surface area (TPSA) is 26.7 Å². The Morgan fingerprint density at radius 3 is 2.76 bits per heavy atom. The molecule has 4 heteroatoms. The van der Waals surface area contributed by atoms with Crippen LogP contribution in [0.1, 0.15) is 43.4 Å². The molecule has 116 valence electrons. The molecule has 1 aromatic carbocycles. The van der Waals surface area contributed by atoms with Crippen molar-refractivity contribution in [2.75, 3.05) is 31.1 Å². The molecule has 0 spiro atoms. The molecule has 3 rings (SSSR count). The van der Waals surface area contributed by atoms with E-state index in [4.69, 9.17) is 0 Å². The molecule has 2 aliphatic rings. The summed E-state index contributed by atoms with van der Waals surface area (Å²) < 4.78 is 13.8. The number of fused-ring (bicyclic) bond motifs is 1. The van der Waals surface area contributed by atoms with Gasteiger partial charge in [0.25, 0.3) is 0 Å². The van der Waals surface area contributed by atoms with Gasteiger partial charge in [-0.05, 0) is 57.4 Å². The first-order valence-electron chi connectivity index (χ1n) is 8.03. The molecule has 1 aromatic rings. The van der Waals surface area contributed by atoms with E-state index in [1.54, 1.807) is 13.8 Å². The lowest BCUT2D eigenvalue weighted by molar-refractivity contribution is 0.199. The van der Waals surface area contributed by atoms with Gasteiger partial charge in [-0.2, -0.15) is 0 Å². The van der Waals surface area contributed by atoms with Crippen molar-refractivity contribution >= 4 is 5.69 Å². The molecule has 2 fully saturated rings. The van der Waals surface area contributed by atoms with Crippen molar-refractivity contribution in [3.05, 3.63) is 29.1 Å². The minimum absolute atomic E-state index is 0.230. The molecule has 2 saturated heterocycles. The smallest absolute Gasteiger partial charge is 0.126 e. The molecule has 0 aromatic heterocycles. The minimum Gasteiger partial charge on any atom is -0.389 e. The number of benzene rings is 1. The number of halogens is 1. The van der Waals surface area contributed by atoms with Gasteiger partial charge in [-0.15, -0.1) is 0 Å². The van der Waals surface area contributed by atoms with E-state index >= 15 is 0 Å². The van der Waals surface area contributed by atoms with E-state index in [0.29, 0.717) is 17.2 Å². The molecular formula is C17H25FN2O. The normalized spacial score (nSPS) is 24.8. The summed E-state index contributed by atoms with van der Waals surface area (Å²) in [7, 11) is 0. The standard InChI is InChI=1S/C17H25FN2O/c1-12-9-17(15(13(2)21)10-16(12)18)20-8-4-7-19-6-3-5-14(19)11-20/h9-10,13-14,21H,3-8,11H2,1-2H3. The van der Waals surface area contributed by atoms with E-state index in [0.717, 1.165) is 31.7 Å². The van der Waals surface area contributed by atoms with Crippen LogP contribution in [-0.2, 0) is 0 Å². The van der Waals surface area contributed by atoms with Gasteiger partial charge in [-0.25, -0.2) is 4.39 Å². The lowest BCUT2D eigenvalue weighted by Crippen LogP contribution is -2.37. The van der Waals surface area contributed by atoms with Crippen LogP contribution in [0, 0.1) is 12.7 Å². The average Bonchev–Trinajstić information content (AvgIpc) is 2.78. The predicted molar refractivity (Wildman–Crippen MR) is 83.2 cm³/mol. The molecule has 3 nitrogen and oxygen atoms in total. The summed E-state index contributed by atoms with van der Waals surface area (Å²) in [5, 5.41) is 10.0. The third kappa shape index (κ3) is 2.92. The summed E-state index contributed by atoms with van der Waals surface area (Å²) >= 11 is 0. The number of aliphatic hydroxyl groups excluding tert-OH is 1. The maximum absolute atomic E-state index is 13.8. The monoisotopic (exact) mass is 292 g/mol. The van der Waals surface area contributed by atoms with Crippen molar-refractivity contribution in [2.45, 2.75) is 45.3 Å². The summed E-state index contributed by atoms with van der Waals surface area (Å²) in [6, 6.07) is 4.02. The molecular weight excluding hydrogens is 267 g/mol. The van der Waals surface area contributed by atoms with Crippen LogP contribution >= 0.6 is 0 Å². The first-order valence-corrected chi connectivity index (χ1v) is 8.03. The van der Waals surface area contributed by atoms with Gasteiger partial charge in [0, 0.05) is 36.9 Å². The third-order valence-corrected chi connectivity index (χ3v) is 4.90. The largest absolute Gasteiger partial charge is 0.389 e. The number of nitrogens with zero attached hydrogens (tertiary/aromatic N) is 2. The summed E-state index contributed by atoms with van der Waals surface area (Å²) in [6.07, 6.45) is 3.02. The highest BCUT2D eigenvalue weighted by atomic mass is 19.1. The van der Waals surface area contributed by atoms with E-state index in [9.17, 15) is 9.50 Å². The Kier molecular flexibility index (Phi) is 4.18. The maximum atomic E-state index is 13.8. The van der Waals surface area contributed by atoms with Crippen LogP contribution in [0.15, 0.2) is 12.1 Å². The maximum Gasteiger partial charge on any atom is 0.126 e. The lowest BCUT2D eigenvalue weighted by atomic mass is 10.0. The van der Waals surface area contributed by atoms with Crippen LogP contribution in [0.5, 0.6) is 0 Å². The summed E-state index contributed by atoms with van der Waals surface area (Å²) in [6.45, 7) is 7.86. The third-order valence-electron chi connectivity index (χ3n) is 4.90. The Morgan fingerprint density at radius 2 is 2.00 bits per heavy atom. The molecule has 0 bridgehead atoms. The molecule has 2 aliphatic heterocycles. The highest BCUT2D eigenvalue weighted by Crippen LogP contribution is 2.32. The van der Waals surface area contributed by atoms with Gasteiger partial charge in [0.1, 0.15) is 5.82 Å². The number of hydrogen-bond donors (Lipinski definition) is 1. The van der Waals surface area contributed by atoms with Crippen LogP contribution in [-0.4, -0.2) is 42.2 Å². The highest BCUT2D eigenvalue weighted by molar-refractivity contribution is 5.57. The number of aliphatic hydroxyl groups is 1. The van der Waals surface area contributed by atoms with Crippen LogP contribution in [0.2, 0.25) is 0 Å².